The van der Waals surface area contributed by atoms with E-state index in [-0.39, 0.29) is 18.0 Å². The number of rotatable bonds is 10. The number of anilines is 1. The number of carbonyl (C=O) groups excluding carboxylic acids is 2. The van der Waals surface area contributed by atoms with E-state index in [2.05, 4.69) is 17.2 Å². The first-order chi connectivity index (χ1) is 15.4. The molecule has 2 aromatic rings. The molecule has 0 radical (unpaired) electrons. The highest BCUT2D eigenvalue weighted by Crippen LogP contribution is 2.34. The molecule has 1 aliphatic rings. The normalized spacial score (nSPS) is 14.5. The summed E-state index contributed by atoms with van der Waals surface area (Å²) in [4.78, 5) is 27.7. The van der Waals surface area contributed by atoms with Crippen molar-refractivity contribution in [3.8, 4) is 11.5 Å². The fourth-order valence-corrected chi connectivity index (χ4v) is 3.39. The second-order valence-corrected chi connectivity index (χ2v) is 7.94. The van der Waals surface area contributed by atoms with Crippen LogP contribution in [0, 0.1) is 6.92 Å². The Labute approximate surface area is 201 Å². The summed E-state index contributed by atoms with van der Waals surface area (Å²) >= 11 is 0. The molecule has 0 aliphatic carbocycles. The average molecular weight is 474 g/mol. The minimum absolute atomic E-state index is 0. The number of ether oxygens (including phenoxy) is 2. The predicted octanol–water partition coefficient (Wildman–Crippen LogP) is 4.00. The number of hydrogen-bond acceptors (Lipinski definition) is 5. The van der Waals surface area contributed by atoms with Gasteiger partial charge < -0.3 is 14.4 Å². The van der Waals surface area contributed by atoms with Gasteiger partial charge in [0.15, 0.2) is 0 Å². The van der Waals surface area contributed by atoms with Crippen LogP contribution in [0.15, 0.2) is 48.0 Å². The summed E-state index contributed by atoms with van der Waals surface area (Å²) in [6.45, 7) is 6.00. The van der Waals surface area contributed by atoms with Gasteiger partial charge in [-0.25, -0.2) is 5.01 Å². The van der Waals surface area contributed by atoms with Crippen molar-refractivity contribution in [2.75, 3.05) is 38.9 Å². The quantitative estimate of drug-likeness (QED) is 0.321. The number of hydrogen-bond donors (Lipinski definition) is 1. The molecule has 0 spiro atoms. The zero-order valence-electron chi connectivity index (χ0n) is 19.6. The molecule has 7 nitrogen and oxygen atoms in total. The molecule has 0 aromatic heterocycles. The van der Waals surface area contributed by atoms with Crippen LogP contribution < -0.4 is 19.9 Å². The van der Waals surface area contributed by atoms with E-state index in [9.17, 15) is 9.59 Å². The van der Waals surface area contributed by atoms with Gasteiger partial charge in [-0.05, 0) is 64.2 Å². The first-order valence-corrected chi connectivity index (χ1v) is 10.9. The van der Waals surface area contributed by atoms with E-state index in [1.165, 1.54) is 5.01 Å². The van der Waals surface area contributed by atoms with Crippen molar-refractivity contribution in [3.05, 3.63) is 59.2 Å². The topological polar surface area (TPSA) is 71.1 Å². The molecule has 0 unspecified atom stereocenters. The summed E-state index contributed by atoms with van der Waals surface area (Å²) in [6, 6.07) is 12.7. The predicted molar refractivity (Wildman–Crippen MR) is 133 cm³/mol. The number of amides is 2. The largest absolute Gasteiger partial charge is 0.493 e. The Morgan fingerprint density at radius 3 is 2.42 bits per heavy atom. The summed E-state index contributed by atoms with van der Waals surface area (Å²) in [5.41, 5.74) is 4.82. The lowest BCUT2D eigenvalue weighted by Gasteiger charge is -2.17. The van der Waals surface area contributed by atoms with Gasteiger partial charge in [0.25, 0.3) is 11.8 Å². The highest BCUT2D eigenvalue weighted by atomic mass is 35.5. The Kier molecular flexibility index (Phi) is 9.75. The van der Waals surface area contributed by atoms with Crippen LogP contribution in [-0.2, 0) is 9.59 Å². The molecule has 8 heteroatoms. The number of benzene rings is 2. The minimum atomic E-state index is -0.443. The van der Waals surface area contributed by atoms with Gasteiger partial charge in [-0.15, -0.1) is 12.4 Å². The molecular weight excluding hydrogens is 442 g/mol. The van der Waals surface area contributed by atoms with Crippen molar-refractivity contribution in [3.63, 3.8) is 0 Å². The highest BCUT2D eigenvalue weighted by Gasteiger charge is 2.34. The number of para-hydroxylation sites is 1. The van der Waals surface area contributed by atoms with Gasteiger partial charge in [-0.3, -0.25) is 15.0 Å². The molecule has 0 saturated carbocycles. The molecule has 1 aliphatic heterocycles. The monoisotopic (exact) mass is 473 g/mol. The Morgan fingerprint density at radius 2 is 1.76 bits per heavy atom. The Bertz CT molecular complexity index is 993. The van der Waals surface area contributed by atoms with Crippen LogP contribution in [0.3, 0.4) is 0 Å². The molecule has 0 atom stereocenters. The van der Waals surface area contributed by atoms with Gasteiger partial charge in [-0.1, -0.05) is 25.1 Å². The van der Waals surface area contributed by atoms with Crippen molar-refractivity contribution < 1.29 is 19.1 Å². The maximum absolute atomic E-state index is 13.0. The van der Waals surface area contributed by atoms with Crippen LogP contribution in [0.4, 0.5) is 5.69 Å². The Morgan fingerprint density at radius 1 is 1.03 bits per heavy atom. The van der Waals surface area contributed by atoms with Crippen LogP contribution in [0.5, 0.6) is 11.5 Å². The number of nitrogens with one attached hydrogen (secondary N) is 1. The summed E-state index contributed by atoms with van der Waals surface area (Å²) in [5, 5.41) is 1.26. The zero-order chi connectivity index (χ0) is 23.1. The molecule has 1 N–H and O–H groups in total. The van der Waals surface area contributed by atoms with Crippen LogP contribution >= 0.6 is 12.4 Å². The van der Waals surface area contributed by atoms with Gasteiger partial charge in [0.2, 0.25) is 0 Å². The average Bonchev–Trinajstić information content (AvgIpc) is 3.06. The van der Waals surface area contributed by atoms with E-state index in [0.29, 0.717) is 30.2 Å². The maximum Gasteiger partial charge on any atom is 0.282 e. The highest BCUT2D eigenvalue weighted by molar-refractivity contribution is 6.31. The molecular formula is C25H32ClN3O4. The zero-order valence-corrected chi connectivity index (χ0v) is 20.4. The van der Waals surface area contributed by atoms with E-state index in [0.717, 1.165) is 30.7 Å². The van der Waals surface area contributed by atoms with E-state index in [4.69, 9.17) is 9.47 Å². The molecule has 1 fully saturated rings. The van der Waals surface area contributed by atoms with Gasteiger partial charge in [0.1, 0.15) is 17.1 Å². The molecule has 1 heterocycles. The van der Waals surface area contributed by atoms with Crippen molar-refractivity contribution in [1.29, 1.82) is 0 Å². The van der Waals surface area contributed by atoms with Gasteiger partial charge in [-0.2, -0.15) is 0 Å². The van der Waals surface area contributed by atoms with Crippen LogP contribution in [0.1, 0.15) is 30.9 Å². The van der Waals surface area contributed by atoms with Crippen LogP contribution in [0.25, 0.3) is 6.08 Å². The lowest BCUT2D eigenvalue weighted by molar-refractivity contribution is -0.117. The van der Waals surface area contributed by atoms with Gasteiger partial charge in [0, 0.05) is 17.7 Å². The first kappa shape index (κ1) is 26.2. The minimum Gasteiger partial charge on any atom is -0.493 e. The van der Waals surface area contributed by atoms with Crippen molar-refractivity contribution in [1.82, 2.24) is 10.3 Å². The Balaban J connectivity index is 0.00000385. The molecule has 2 aromatic carbocycles. The third kappa shape index (κ3) is 6.49. The van der Waals surface area contributed by atoms with Crippen LogP contribution in [-0.4, -0.2) is 50.6 Å². The molecule has 0 bridgehead atoms. The van der Waals surface area contributed by atoms with Crippen molar-refractivity contribution in [2.45, 2.75) is 26.7 Å². The third-order valence-electron chi connectivity index (χ3n) is 5.05. The van der Waals surface area contributed by atoms with Gasteiger partial charge >= 0.3 is 0 Å². The van der Waals surface area contributed by atoms with Crippen molar-refractivity contribution >= 4 is 36.0 Å². The van der Waals surface area contributed by atoms with E-state index in [1.54, 1.807) is 18.2 Å². The Hall–Kier alpha value is -3.03. The molecule has 2 amide bonds. The van der Waals surface area contributed by atoms with E-state index < -0.39 is 11.8 Å². The van der Waals surface area contributed by atoms with Crippen molar-refractivity contribution in [2.24, 2.45) is 0 Å². The SMILES string of the molecule is CCCOc1ccc(/C=C2/C(=O)NN(c3ccccc3)C2=O)c(OCCCN(C)C)c1C.Cl. The summed E-state index contributed by atoms with van der Waals surface area (Å²) in [7, 11) is 4.03. The fourth-order valence-electron chi connectivity index (χ4n) is 3.39. The maximum atomic E-state index is 13.0. The second kappa shape index (κ2) is 12.3. The van der Waals surface area contributed by atoms with E-state index in [1.807, 2.05) is 51.4 Å². The number of halogens is 1. The fraction of sp³-hybridized carbons (Fsp3) is 0.360. The standard InChI is InChI=1S/C25H31N3O4.ClH/c1-5-15-31-22-13-12-19(23(18(22)2)32-16-9-14-27(3)4)17-21-24(29)26-28(25(21)30)20-10-7-6-8-11-20;/h6-8,10-13,17H,5,9,14-16H2,1-4H3,(H,26,29);1H/b21-17-;. The molecule has 3 rings (SSSR count). The lowest BCUT2D eigenvalue weighted by Crippen LogP contribution is -2.35. The summed E-state index contributed by atoms with van der Waals surface area (Å²) in [5.74, 6) is 0.526. The third-order valence-corrected chi connectivity index (χ3v) is 5.05. The van der Waals surface area contributed by atoms with Gasteiger partial charge in [0.05, 0.1) is 18.9 Å². The lowest BCUT2D eigenvalue weighted by atomic mass is 10.0. The smallest absolute Gasteiger partial charge is 0.282 e. The molecule has 33 heavy (non-hydrogen) atoms. The number of hydrazine groups is 1. The summed E-state index contributed by atoms with van der Waals surface area (Å²) in [6.07, 6.45) is 3.34. The number of carbonyl (C=O) groups is 2. The molecule has 1 saturated heterocycles. The van der Waals surface area contributed by atoms with E-state index >= 15 is 0 Å². The molecule has 178 valence electrons. The number of nitrogens with zero attached hydrogens (tertiary/aromatic N) is 2. The second-order valence-electron chi connectivity index (χ2n) is 7.94. The first-order valence-electron chi connectivity index (χ1n) is 10.9. The van der Waals surface area contributed by atoms with Crippen LogP contribution in [0.2, 0.25) is 0 Å². The summed E-state index contributed by atoms with van der Waals surface area (Å²) < 4.78 is 12.0.